The van der Waals surface area contributed by atoms with Gasteiger partial charge >= 0.3 is 23.9 Å². The number of aromatic carboxylic acids is 2. The minimum absolute atomic E-state index is 0.0309. The van der Waals surface area contributed by atoms with Crippen LogP contribution in [0.5, 0.6) is 11.5 Å². The molecule has 0 amide bonds. The van der Waals surface area contributed by atoms with Gasteiger partial charge in [0.1, 0.15) is 43.6 Å². The van der Waals surface area contributed by atoms with Gasteiger partial charge in [-0.25, -0.2) is 9.59 Å². The quantitative estimate of drug-likeness (QED) is 0.102. The zero-order chi connectivity index (χ0) is 31.1. The first-order valence-electron chi connectivity index (χ1n) is 12.3. The second-order valence-electron chi connectivity index (χ2n) is 8.21. The standard InChI is InChI=1S/C21H23N3O8.C7H7NO2/c1-13(25)29-7-9-31-19-12-18(20(11-17(19)22)32-10-8-30-14(2)26)24-23-16-5-3-15(4-6-16)21(27)28;8-6-3-1-5(2-4-6)7(9)10/h3-6,11-12H,7-10,22H2,1-2H3,(H,27,28);1-4H,8H2,(H,9,10)/b24-23+;. The topological polar surface area (TPSA) is 222 Å². The number of hydrogen-bond donors (Lipinski definition) is 4. The lowest BCUT2D eigenvalue weighted by atomic mass is 10.2. The molecule has 3 aromatic carbocycles. The molecule has 0 radical (unpaired) electrons. The van der Waals surface area contributed by atoms with Crippen LogP contribution in [0, 0.1) is 0 Å². The Kier molecular flexibility index (Phi) is 12.7. The fourth-order valence-corrected chi connectivity index (χ4v) is 2.97. The van der Waals surface area contributed by atoms with Crippen LogP contribution in [0.15, 0.2) is 70.9 Å². The van der Waals surface area contributed by atoms with E-state index in [-0.39, 0.29) is 60.4 Å². The minimum atomic E-state index is -1.05. The first-order valence-corrected chi connectivity index (χ1v) is 12.3. The van der Waals surface area contributed by atoms with E-state index in [0.29, 0.717) is 11.4 Å². The number of carboxylic acids is 2. The maximum Gasteiger partial charge on any atom is 0.335 e. The zero-order valence-corrected chi connectivity index (χ0v) is 22.8. The lowest BCUT2D eigenvalue weighted by Crippen LogP contribution is -2.11. The monoisotopic (exact) mass is 582 g/mol. The Morgan fingerprint density at radius 1 is 0.667 bits per heavy atom. The molecule has 0 aromatic heterocycles. The zero-order valence-electron chi connectivity index (χ0n) is 22.8. The van der Waals surface area contributed by atoms with Gasteiger partial charge in [-0.15, -0.1) is 5.11 Å². The number of carboxylic acid groups (broad SMARTS) is 2. The summed E-state index contributed by atoms with van der Waals surface area (Å²) in [7, 11) is 0. The normalized spacial score (nSPS) is 10.2. The van der Waals surface area contributed by atoms with Crippen LogP contribution >= 0.6 is 0 Å². The van der Waals surface area contributed by atoms with Crippen molar-refractivity contribution in [3.05, 3.63) is 71.8 Å². The lowest BCUT2D eigenvalue weighted by Gasteiger charge is -2.13. The van der Waals surface area contributed by atoms with Crippen molar-refractivity contribution in [2.75, 3.05) is 37.9 Å². The highest BCUT2D eigenvalue weighted by Crippen LogP contribution is 2.37. The first-order chi connectivity index (χ1) is 20.0. The maximum atomic E-state index is 11.0. The van der Waals surface area contributed by atoms with E-state index >= 15 is 0 Å². The van der Waals surface area contributed by atoms with E-state index in [4.69, 9.17) is 40.6 Å². The molecule has 14 heteroatoms. The van der Waals surface area contributed by atoms with Crippen LogP contribution in [0.25, 0.3) is 0 Å². The van der Waals surface area contributed by atoms with Crippen molar-refractivity contribution in [3.63, 3.8) is 0 Å². The van der Waals surface area contributed by atoms with Gasteiger partial charge in [-0.05, 0) is 48.5 Å². The molecule has 0 saturated carbocycles. The van der Waals surface area contributed by atoms with Crippen LogP contribution in [0.1, 0.15) is 34.6 Å². The summed E-state index contributed by atoms with van der Waals surface area (Å²) in [6.07, 6.45) is 0. The van der Waals surface area contributed by atoms with Gasteiger partial charge in [-0.3, -0.25) is 9.59 Å². The highest BCUT2D eigenvalue weighted by molar-refractivity contribution is 5.88. The van der Waals surface area contributed by atoms with E-state index in [1.807, 2.05) is 0 Å². The van der Waals surface area contributed by atoms with Crippen molar-refractivity contribution in [2.24, 2.45) is 10.2 Å². The van der Waals surface area contributed by atoms with Crippen molar-refractivity contribution in [3.8, 4) is 11.5 Å². The van der Waals surface area contributed by atoms with Gasteiger partial charge < -0.3 is 40.6 Å². The van der Waals surface area contributed by atoms with Crippen molar-refractivity contribution in [2.45, 2.75) is 13.8 Å². The molecule has 42 heavy (non-hydrogen) atoms. The molecule has 0 bridgehead atoms. The molecular weight excluding hydrogens is 552 g/mol. The van der Waals surface area contributed by atoms with Crippen molar-refractivity contribution >= 4 is 46.6 Å². The fourth-order valence-electron chi connectivity index (χ4n) is 2.97. The SMILES string of the molecule is CC(=O)OCCOc1cc(/N=N/c2ccc(C(=O)O)cc2)c(OCCOC(C)=O)cc1N.Nc1ccc(C(=O)O)cc1. The molecule has 3 rings (SSSR count). The number of carbonyl (C=O) groups is 4. The number of nitrogens with zero attached hydrogens (tertiary/aromatic N) is 2. The molecule has 0 atom stereocenters. The van der Waals surface area contributed by atoms with Gasteiger partial charge in [-0.2, -0.15) is 5.11 Å². The van der Waals surface area contributed by atoms with Gasteiger partial charge in [-0.1, -0.05) is 0 Å². The number of rotatable bonds is 12. The molecule has 0 aliphatic carbocycles. The number of nitrogen functional groups attached to an aromatic ring is 2. The van der Waals surface area contributed by atoms with Crippen LogP contribution in [-0.2, 0) is 19.1 Å². The summed E-state index contributed by atoms with van der Waals surface area (Å²) in [5.41, 5.74) is 13.2. The summed E-state index contributed by atoms with van der Waals surface area (Å²) in [6.45, 7) is 2.78. The van der Waals surface area contributed by atoms with E-state index in [0.717, 1.165) is 0 Å². The Balaban J connectivity index is 0.000000518. The smallest absolute Gasteiger partial charge is 0.335 e. The average Bonchev–Trinajstić information content (AvgIpc) is 2.94. The van der Waals surface area contributed by atoms with Gasteiger partial charge in [0.05, 0.1) is 22.5 Å². The van der Waals surface area contributed by atoms with Gasteiger partial charge in [0.25, 0.3) is 0 Å². The molecule has 6 N–H and O–H groups in total. The maximum absolute atomic E-state index is 11.0. The molecule has 3 aromatic rings. The molecule has 0 spiro atoms. The van der Waals surface area contributed by atoms with Crippen LogP contribution in [0.3, 0.4) is 0 Å². The first kappa shape index (κ1) is 32.6. The van der Waals surface area contributed by atoms with E-state index < -0.39 is 23.9 Å². The molecule has 222 valence electrons. The molecule has 0 heterocycles. The molecule has 0 unspecified atom stereocenters. The predicted octanol–water partition coefficient (Wildman–Crippen LogP) is 4.23. The predicted molar refractivity (Wildman–Crippen MR) is 151 cm³/mol. The van der Waals surface area contributed by atoms with Crippen LogP contribution in [0.2, 0.25) is 0 Å². The molecule has 0 aliphatic heterocycles. The Hall–Kier alpha value is -5.66. The van der Waals surface area contributed by atoms with Crippen molar-refractivity contribution in [1.82, 2.24) is 0 Å². The largest absolute Gasteiger partial charge is 0.488 e. The number of ether oxygens (including phenoxy) is 4. The number of anilines is 2. The van der Waals surface area contributed by atoms with E-state index in [9.17, 15) is 19.2 Å². The third-order valence-corrected chi connectivity index (χ3v) is 4.93. The Morgan fingerprint density at radius 3 is 1.62 bits per heavy atom. The van der Waals surface area contributed by atoms with Crippen molar-refractivity contribution < 1.29 is 48.3 Å². The summed E-state index contributed by atoms with van der Waals surface area (Å²) in [4.78, 5) is 43.0. The summed E-state index contributed by atoms with van der Waals surface area (Å²) >= 11 is 0. The van der Waals surface area contributed by atoms with Gasteiger partial charge in [0, 0.05) is 31.7 Å². The highest BCUT2D eigenvalue weighted by Gasteiger charge is 2.12. The van der Waals surface area contributed by atoms with Crippen LogP contribution < -0.4 is 20.9 Å². The summed E-state index contributed by atoms with van der Waals surface area (Å²) in [5.74, 6) is -2.30. The number of azo groups is 1. The van der Waals surface area contributed by atoms with E-state index in [2.05, 4.69) is 10.2 Å². The van der Waals surface area contributed by atoms with E-state index in [1.165, 1.54) is 62.4 Å². The molecule has 0 saturated heterocycles. The third-order valence-electron chi connectivity index (χ3n) is 4.93. The Bertz CT molecular complexity index is 1410. The molecule has 14 nitrogen and oxygen atoms in total. The number of carbonyl (C=O) groups excluding carboxylic acids is 2. The second-order valence-corrected chi connectivity index (χ2v) is 8.21. The average molecular weight is 583 g/mol. The van der Waals surface area contributed by atoms with Crippen molar-refractivity contribution in [1.29, 1.82) is 0 Å². The fraction of sp³-hybridized carbons (Fsp3) is 0.214. The lowest BCUT2D eigenvalue weighted by molar-refractivity contribution is -0.142. The molecular formula is C28H30N4O10. The number of benzene rings is 3. The minimum Gasteiger partial charge on any atom is -0.488 e. The van der Waals surface area contributed by atoms with Gasteiger partial charge in [0.15, 0.2) is 0 Å². The number of hydrogen-bond acceptors (Lipinski definition) is 12. The summed E-state index contributed by atoms with van der Waals surface area (Å²) < 4.78 is 20.8. The summed E-state index contributed by atoms with van der Waals surface area (Å²) in [6, 6.07) is 14.8. The van der Waals surface area contributed by atoms with Gasteiger partial charge in [0.2, 0.25) is 0 Å². The third kappa shape index (κ3) is 11.6. The summed E-state index contributed by atoms with van der Waals surface area (Å²) in [5, 5.41) is 25.6. The van der Waals surface area contributed by atoms with E-state index in [1.54, 1.807) is 12.1 Å². The Labute approximate surface area is 240 Å². The second kappa shape index (κ2) is 16.4. The molecule has 0 fully saturated rings. The Morgan fingerprint density at radius 2 is 1.14 bits per heavy atom. The number of nitrogens with two attached hydrogens (primary N) is 2. The number of esters is 2. The molecule has 0 aliphatic rings. The highest BCUT2D eigenvalue weighted by atomic mass is 16.6. The van der Waals surface area contributed by atoms with Crippen LogP contribution in [-0.4, -0.2) is 60.5 Å². The van der Waals surface area contributed by atoms with Crippen LogP contribution in [0.4, 0.5) is 22.7 Å².